The molecule has 9 heteroatoms. The van der Waals surface area contributed by atoms with E-state index in [1.165, 1.54) is 11.3 Å². The predicted molar refractivity (Wildman–Crippen MR) is 95.3 cm³/mol. The molecule has 0 unspecified atom stereocenters. The van der Waals surface area contributed by atoms with Gasteiger partial charge in [-0.2, -0.15) is 0 Å². The van der Waals surface area contributed by atoms with Crippen LogP contribution in [-0.2, 0) is 0 Å². The molecular formula is C17H12N4O4S. The highest BCUT2D eigenvalue weighted by Crippen LogP contribution is 2.39. The van der Waals surface area contributed by atoms with E-state index < -0.39 is 0 Å². The number of thiazole rings is 1. The summed E-state index contributed by atoms with van der Waals surface area (Å²) >= 11 is 1.47. The number of fused-ring (bicyclic) bond motifs is 2. The molecule has 1 aliphatic heterocycles. The Labute approximate surface area is 151 Å². The van der Waals surface area contributed by atoms with Gasteiger partial charge < -0.3 is 18.6 Å². The zero-order valence-corrected chi connectivity index (χ0v) is 14.4. The van der Waals surface area contributed by atoms with Crippen LogP contribution in [0.25, 0.3) is 21.7 Å². The molecule has 1 aliphatic rings. The number of nitrogens with zero attached hydrogens (tertiary/aromatic N) is 3. The average molecular weight is 368 g/mol. The fraction of sp³-hybridized carbons (Fsp3) is 0.118. The zero-order chi connectivity index (χ0) is 17.5. The number of hydrogen-bond acceptors (Lipinski definition) is 9. The lowest BCUT2D eigenvalue weighted by Gasteiger charge is -1.99. The molecule has 0 fully saturated rings. The maximum absolute atomic E-state index is 5.67. The van der Waals surface area contributed by atoms with Gasteiger partial charge in [-0.25, -0.2) is 4.98 Å². The molecule has 0 saturated carbocycles. The number of ether oxygens (including phenoxy) is 3. The van der Waals surface area contributed by atoms with Crippen LogP contribution in [0.4, 0.5) is 11.1 Å². The Kier molecular flexibility index (Phi) is 3.39. The lowest BCUT2D eigenvalue weighted by Crippen LogP contribution is -1.92. The van der Waals surface area contributed by atoms with Gasteiger partial charge in [0, 0.05) is 17.7 Å². The van der Waals surface area contributed by atoms with Crippen LogP contribution in [0.15, 0.2) is 40.8 Å². The minimum Gasteiger partial charge on any atom is -0.497 e. The van der Waals surface area contributed by atoms with Crippen molar-refractivity contribution < 1.29 is 18.6 Å². The number of hydrogen-bond donors (Lipinski definition) is 1. The van der Waals surface area contributed by atoms with E-state index in [0.29, 0.717) is 16.8 Å². The van der Waals surface area contributed by atoms with Crippen LogP contribution in [0, 0.1) is 0 Å². The smallest absolute Gasteiger partial charge is 0.322 e. The van der Waals surface area contributed by atoms with Crippen LogP contribution < -0.4 is 19.5 Å². The van der Waals surface area contributed by atoms with Gasteiger partial charge in [0.25, 0.3) is 0 Å². The van der Waals surface area contributed by atoms with Gasteiger partial charge in [-0.05, 0) is 24.3 Å². The standard InChI is InChI=1S/C17H12N4O4S/c1-22-10-4-2-9(3-5-10)15-20-21-16(25-15)19-17-18-11-6-12-13(24-8-23-12)7-14(11)26-17/h2-7H,8H2,1H3,(H,18,19,21). The largest absolute Gasteiger partial charge is 0.497 e. The van der Waals surface area contributed by atoms with Gasteiger partial charge in [0.05, 0.1) is 17.3 Å². The van der Waals surface area contributed by atoms with Crippen LogP contribution in [0.1, 0.15) is 0 Å². The summed E-state index contributed by atoms with van der Waals surface area (Å²) in [5, 5.41) is 11.8. The molecule has 2 aromatic carbocycles. The Morgan fingerprint density at radius 1 is 1.08 bits per heavy atom. The molecule has 1 N–H and O–H groups in total. The number of aromatic nitrogens is 3. The van der Waals surface area contributed by atoms with E-state index in [2.05, 4.69) is 20.5 Å². The number of methoxy groups -OCH3 is 1. The third kappa shape index (κ3) is 2.58. The van der Waals surface area contributed by atoms with Crippen molar-refractivity contribution in [3.05, 3.63) is 36.4 Å². The summed E-state index contributed by atoms with van der Waals surface area (Å²) in [4.78, 5) is 4.52. The summed E-state index contributed by atoms with van der Waals surface area (Å²) in [6.45, 7) is 0.244. The third-order valence-corrected chi connectivity index (χ3v) is 4.79. The highest BCUT2D eigenvalue weighted by molar-refractivity contribution is 7.22. The monoisotopic (exact) mass is 368 g/mol. The molecule has 0 spiro atoms. The molecule has 3 heterocycles. The summed E-state index contributed by atoms with van der Waals surface area (Å²) in [7, 11) is 1.62. The van der Waals surface area contributed by atoms with Crippen molar-refractivity contribution in [1.82, 2.24) is 15.2 Å². The van der Waals surface area contributed by atoms with E-state index in [4.69, 9.17) is 18.6 Å². The number of rotatable bonds is 4. The van der Waals surface area contributed by atoms with E-state index in [9.17, 15) is 0 Å². The van der Waals surface area contributed by atoms with Crippen LogP contribution in [0.5, 0.6) is 17.2 Å². The molecule has 4 aromatic rings. The Bertz CT molecular complexity index is 1050. The maximum Gasteiger partial charge on any atom is 0.322 e. The van der Waals surface area contributed by atoms with E-state index in [-0.39, 0.29) is 12.8 Å². The maximum atomic E-state index is 5.67. The van der Waals surface area contributed by atoms with Gasteiger partial charge in [0.1, 0.15) is 5.75 Å². The fourth-order valence-corrected chi connectivity index (χ4v) is 3.45. The highest BCUT2D eigenvalue weighted by atomic mass is 32.1. The molecule has 0 atom stereocenters. The van der Waals surface area contributed by atoms with Gasteiger partial charge in [0.2, 0.25) is 12.7 Å². The molecule has 0 saturated heterocycles. The zero-order valence-electron chi connectivity index (χ0n) is 13.6. The summed E-state index contributed by atoms with van der Waals surface area (Å²) in [5.41, 5.74) is 1.62. The number of benzene rings is 2. The van der Waals surface area contributed by atoms with Gasteiger partial charge in [-0.15, -0.1) is 5.10 Å². The Balaban J connectivity index is 1.39. The van der Waals surface area contributed by atoms with Crippen molar-refractivity contribution in [3.8, 4) is 28.7 Å². The minimum absolute atomic E-state index is 0.244. The third-order valence-electron chi connectivity index (χ3n) is 3.86. The van der Waals surface area contributed by atoms with Gasteiger partial charge in [0.15, 0.2) is 16.6 Å². The van der Waals surface area contributed by atoms with Crippen LogP contribution in [0.2, 0.25) is 0 Å². The van der Waals surface area contributed by atoms with Gasteiger partial charge >= 0.3 is 6.01 Å². The summed E-state index contributed by atoms with van der Waals surface area (Å²) in [6.07, 6.45) is 0. The minimum atomic E-state index is 0.244. The first kappa shape index (κ1) is 15.0. The lowest BCUT2D eigenvalue weighted by atomic mass is 10.2. The molecule has 8 nitrogen and oxygen atoms in total. The second-order valence-electron chi connectivity index (χ2n) is 5.46. The van der Waals surface area contributed by atoms with Crippen LogP contribution >= 0.6 is 11.3 Å². The van der Waals surface area contributed by atoms with Crippen molar-refractivity contribution in [1.29, 1.82) is 0 Å². The van der Waals surface area contributed by atoms with Crippen LogP contribution in [-0.4, -0.2) is 29.1 Å². The van der Waals surface area contributed by atoms with Gasteiger partial charge in [-0.3, -0.25) is 5.32 Å². The first-order chi connectivity index (χ1) is 12.8. The molecule has 130 valence electrons. The molecule has 0 radical (unpaired) electrons. The molecule has 0 bridgehead atoms. The van der Waals surface area contributed by atoms with E-state index >= 15 is 0 Å². The predicted octanol–water partition coefficient (Wildman–Crippen LogP) is 3.83. The summed E-state index contributed by atoms with van der Waals surface area (Å²) in [6, 6.07) is 11.4. The Morgan fingerprint density at radius 2 is 1.88 bits per heavy atom. The van der Waals surface area contributed by atoms with Crippen LogP contribution in [0.3, 0.4) is 0 Å². The summed E-state index contributed by atoms with van der Waals surface area (Å²) in [5.74, 6) is 2.61. The molecule has 0 aliphatic carbocycles. The first-order valence-electron chi connectivity index (χ1n) is 7.73. The quantitative estimate of drug-likeness (QED) is 0.581. The van der Waals surface area contributed by atoms with E-state index in [1.54, 1.807) is 7.11 Å². The fourth-order valence-electron chi connectivity index (χ4n) is 2.59. The molecule has 5 rings (SSSR count). The highest BCUT2D eigenvalue weighted by Gasteiger charge is 2.17. The molecule has 26 heavy (non-hydrogen) atoms. The van der Waals surface area contributed by atoms with Crippen molar-refractivity contribution in [3.63, 3.8) is 0 Å². The number of anilines is 2. The van der Waals surface area contributed by atoms with Crippen molar-refractivity contribution in [2.24, 2.45) is 0 Å². The Hall–Kier alpha value is -3.33. The summed E-state index contributed by atoms with van der Waals surface area (Å²) < 4.78 is 22.6. The second kappa shape index (κ2) is 5.88. The number of nitrogens with one attached hydrogen (secondary N) is 1. The molecule has 0 amide bonds. The van der Waals surface area contributed by atoms with Crippen molar-refractivity contribution >= 4 is 32.7 Å². The molecular weight excluding hydrogens is 356 g/mol. The average Bonchev–Trinajstić information content (AvgIpc) is 3.39. The van der Waals surface area contributed by atoms with E-state index in [1.807, 2.05) is 36.4 Å². The first-order valence-corrected chi connectivity index (χ1v) is 8.55. The molecule has 2 aromatic heterocycles. The topological polar surface area (TPSA) is 91.5 Å². The SMILES string of the molecule is COc1ccc(-c2nnc(Nc3nc4cc5c(cc4s3)OCO5)o2)cc1. The van der Waals surface area contributed by atoms with Gasteiger partial charge in [-0.1, -0.05) is 16.4 Å². The Morgan fingerprint density at radius 3 is 2.69 bits per heavy atom. The second-order valence-corrected chi connectivity index (χ2v) is 6.49. The lowest BCUT2D eigenvalue weighted by molar-refractivity contribution is 0.174. The van der Waals surface area contributed by atoms with Crippen molar-refractivity contribution in [2.75, 3.05) is 19.2 Å². The normalized spacial score (nSPS) is 12.5. The van der Waals surface area contributed by atoms with E-state index in [0.717, 1.165) is 27.3 Å². The van der Waals surface area contributed by atoms with Crippen molar-refractivity contribution in [2.45, 2.75) is 0 Å².